The number of ether oxygens (including phenoxy) is 1. The zero-order chi connectivity index (χ0) is 23.0. The van der Waals surface area contributed by atoms with Gasteiger partial charge in [-0.05, 0) is 6.92 Å². The summed E-state index contributed by atoms with van der Waals surface area (Å²) in [6.07, 6.45) is 0. The topological polar surface area (TPSA) is 222 Å². The molecule has 0 heterocycles. The second kappa shape index (κ2) is 18.1. The van der Waals surface area contributed by atoms with Crippen LogP contribution in [0.15, 0.2) is 0 Å². The van der Waals surface area contributed by atoms with Crippen molar-refractivity contribution in [1.29, 1.82) is 0 Å². The van der Waals surface area contributed by atoms with Gasteiger partial charge in [0.15, 0.2) is 0 Å². The van der Waals surface area contributed by atoms with Crippen LogP contribution in [-0.2, 0) is 23.9 Å². The van der Waals surface area contributed by atoms with E-state index < -0.39 is 42.1 Å². The van der Waals surface area contributed by atoms with Gasteiger partial charge in [-0.3, -0.25) is 19.2 Å². The molecule has 29 heavy (non-hydrogen) atoms. The highest BCUT2D eigenvalue weighted by Gasteiger charge is 2.15. The summed E-state index contributed by atoms with van der Waals surface area (Å²) in [7, 11) is 6.54. The van der Waals surface area contributed by atoms with E-state index in [-0.39, 0.29) is 17.3 Å². The van der Waals surface area contributed by atoms with Crippen LogP contribution in [0.3, 0.4) is 0 Å². The van der Waals surface area contributed by atoms with Crippen LogP contribution in [0.25, 0.3) is 0 Å². The molecular weight excluding hydrogens is 464 g/mol. The summed E-state index contributed by atoms with van der Waals surface area (Å²) in [5, 5.41) is 16.8. The zero-order valence-corrected chi connectivity index (χ0v) is 19.3. The molecule has 11 nitrogen and oxygen atoms in total. The molecule has 0 fully saturated rings. The largest absolute Gasteiger partial charge is 0.480 e. The number of esters is 1. The molecule has 4 unspecified atom stereocenters. The number of carbonyl (C=O) groups excluding carboxylic acids is 2. The van der Waals surface area contributed by atoms with Crippen LogP contribution in [0.5, 0.6) is 0 Å². The third-order valence-electron chi connectivity index (χ3n) is 2.82. The van der Waals surface area contributed by atoms with E-state index in [2.05, 4.69) is 4.74 Å². The first-order valence-electron chi connectivity index (χ1n) is 7.99. The molecule has 4 atom stereocenters. The maximum absolute atomic E-state index is 10.9. The van der Waals surface area contributed by atoms with E-state index in [1.165, 1.54) is 57.2 Å². The molecular formula is C14H28N4O7S4. The first-order chi connectivity index (χ1) is 13.4. The molecule has 0 spiro atoms. The Labute approximate surface area is 184 Å². The number of rotatable bonds is 14. The van der Waals surface area contributed by atoms with Gasteiger partial charge in [-0.15, -0.1) is 0 Å². The second-order valence-corrected chi connectivity index (χ2v) is 10.5. The number of carboxylic acids is 2. The van der Waals surface area contributed by atoms with Crippen molar-refractivity contribution in [2.45, 2.75) is 31.1 Å². The van der Waals surface area contributed by atoms with Gasteiger partial charge in [0.2, 0.25) is 0 Å². The summed E-state index contributed by atoms with van der Waals surface area (Å²) in [4.78, 5) is 42.2. The van der Waals surface area contributed by atoms with E-state index in [0.29, 0.717) is 11.5 Å². The SMILES string of the molecule is COC(=O)C(N)CSSCC(N)C(C)=O.NC(CSSCC(N)C(=O)O)C(=O)O. The lowest BCUT2D eigenvalue weighted by Gasteiger charge is -2.09. The lowest BCUT2D eigenvalue weighted by atomic mass is 10.3. The number of hydrogen-bond acceptors (Lipinski definition) is 13. The predicted molar refractivity (Wildman–Crippen MR) is 120 cm³/mol. The van der Waals surface area contributed by atoms with Crippen molar-refractivity contribution in [3.05, 3.63) is 0 Å². The highest BCUT2D eigenvalue weighted by Crippen LogP contribution is 2.22. The zero-order valence-electron chi connectivity index (χ0n) is 16.0. The molecule has 0 rings (SSSR count). The van der Waals surface area contributed by atoms with E-state index in [9.17, 15) is 19.2 Å². The molecule has 0 aliphatic heterocycles. The van der Waals surface area contributed by atoms with Crippen LogP contribution in [-0.4, -0.2) is 88.2 Å². The van der Waals surface area contributed by atoms with E-state index >= 15 is 0 Å². The monoisotopic (exact) mass is 492 g/mol. The van der Waals surface area contributed by atoms with Crippen LogP contribution in [0.2, 0.25) is 0 Å². The smallest absolute Gasteiger partial charge is 0.323 e. The van der Waals surface area contributed by atoms with E-state index in [4.69, 9.17) is 33.1 Å². The molecule has 10 N–H and O–H groups in total. The Kier molecular flexibility index (Phi) is 19.1. The molecule has 0 radical (unpaired) electrons. The highest BCUT2D eigenvalue weighted by molar-refractivity contribution is 8.77. The minimum Gasteiger partial charge on any atom is -0.480 e. The van der Waals surface area contributed by atoms with E-state index in [1.807, 2.05) is 0 Å². The van der Waals surface area contributed by atoms with Crippen molar-refractivity contribution >= 4 is 66.9 Å². The number of aliphatic carboxylic acids is 2. The van der Waals surface area contributed by atoms with Gasteiger partial charge in [-0.1, -0.05) is 43.2 Å². The number of carboxylic acid groups (broad SMARTS) is 2. The molecule has 0 aromatic heterocycles. The lowest BCUT2D eigenvalue weighted by molar-refractivity contribution is -0.141. The molecule has 0 aromatic rings. The van der Waals surface area contributed by atoms with Gasteiger partial charge in [0.25, 0.3) is 0 Å². The van der Waals surface area contributed by atoms with Gasteiger partial charge in [0, 0.05) is 23.0 Å². The fraction of sp³-hybridized carbons (Fsp3) is 0.714. The van der Waals surface area contributed by atoms with Crippen molar-refractivity contribution in [3.63, 3.8) is 0 Å². The maximum atomic E-state index is 10.9. The Balaban J connectivity index is 0. The molecule has 0 bridgehead atoms. The number of Topliss-reactive ketones (excluding diaryl/α,β-unsaturated/α-hetero) is 1. The Morgan fingerprint density at radius 1 is 0.724 bits per heavy atom. The predicted octanol–water partition coefficient (Wildman–Crippen LogP) is -1.02. The third-order valence-corrected chi connectivity index (χ3v) is 7.76. The summed E-state index contributed by atoms with van der Waals surface area (Å²) in [5.74, 6) is -1.19. The Hall–Kier alpha value is -0.680. The minimum atomic E-state index is -1.07. The van der Waals surface area contributed by atoms with Gasteiger partial charge in [0.1, 0.15) is 23.9 Å². The highest BCUT2D eigenvalue weighted by atomic mass is 33.1. The standard InChI is InChI=1S/C8H16N2O3S2.C6H12N2O4S2/c1-5(11)6(9)3-14-15-4-7(10)8(12)13-2;7-3(5(9)10)1-13-14-2-4(8)6(11)12/h6-7H,3-4,9-10H2,1-2H3;3-4H,1-2,7-8H2,(H,9,10)(H,11,12). The first kappa shape index (κ1) is 30.5. The summed E-state index contributed by atoms with van der Waals surface area (Å²) >= 11 is 0. The Bertz CT molecular complexity index is 508. The fourth-order valence-corrected chi connectivity index (χ4v) is 5.51. The fourth-order valence-electron chi connectivity index (χ4n) is 0.965. The van der Waals surface area contributed by atoms with E-state index in [0.717, 1.165) is 0 Å². The molecule has 170 valence electrons. The molecule has 0 amide bonds. The van der Waals surface area contributed by atoms with Gasteiger partial charge in [-0.2, -0.15) is 0 Å². The van der Waals surface area contributed by atoms with E-state index in [1.54, 1.807) is 0 Å². The Morgan fingerprint density at radius 2 is 1.03 bits per heavy atom. The summed E-state index contributed by atoms with van der Waals surface area (Å²) < 4.78 is 4.46. The first-order valence-corrected chi connectivity index (χ1v) is 13.0. The van der Waals surface area contributed by atoms with Crippen molar-refractivity contribution in [2.24, 2.45) is 22.9 Å². The van der Waals surface area contributed by atoms with Crippen molar-refractivity contribution in [1.82, 2.24) is 0 Å². The average molecular weight is 493 g/mol. The number of ketones is 1. The van der Waals surface area contributed by atoms with Gasteiger partial charge >= 0.3 is 17.9 Å². The average Bonchev–Trinajstić information content (AvgIpc) is 2.67. The lowest BCUT2D eigenvalue weighted by Crippen LogP contribution is -2.34. The van der Waals surface area contributed by atoms with Gasteiger partial charge < -0.3 is 37.9 Å². The molecule has 0 saturated carbocycles. The van der Waals surface area contributed by atoms with Crippen LogP contribution < -0.4 is 22.9 Å². The number of carbonyl (C=O) groups is 4. The summed E-state index contributed by atoms with van der Waals surface area (Å²) in [6, 6.07) is -2.92. The van der Waals surface area contributed by atoms with Crippen LogP contribution in [0, 0.1) is 0 Å². The molecule has 15 heteroatoms. The molecule has 0 aliphatic rings. The maximum Gasteiger partial charge on any atom is 0.323 e. The third kappa shape index (κ3) is 17.9. The Morgan fingerprint density at radius 3 is 1.31 bits per heavy atom. The minimum absolute atomic E-state index is 0.0413. The normalized spacial score (nSPS) is 14.6. The van der Waals surface area contributed by atoms with Crippen molar-refractivity contribution in [2.75, 3.05) is 30.1 Å². The van der Waals surface area contributed by atoms with Crippen molar-refractivity contribution < 1.29 is 34.1 Å². The summed E-state index contributed by atoms with van der Waals surface area (Å²) in [5.41, 5.74) is 21.4. The van der Waals surface area contributed by atoms with Gasteiger partial charge in [0.05, 0.1) is 13.2 Å². The number of hydrogen-bond donors (Lipinski definition) is 6. The quantitative estimate of drug-likeness (QED) is 0.0969. The summed E-state index contributed by atoms with van der Waals surface area (Å²) in [6.45, 7) is 1.45. The molecule has 0 aromatic carbocycles. The number of nitrogens with two attached hydrogens (primary N) is 4. The van der Waals surface area contributed by atoms with Crippen molar-refractivity contribution in [3.8, 4) is 0 Å². The molecule has 0 aliphatic carbocycles. The van der Waals surface area contributed by atoms with Crippen LogP contribution >= 0.6 is 43.2 Å². The van der Waals surface area contributed by atoms with Crippen LogP contribution in [0.1, 0.15) is 6.92 Å². The van der Waals surface area contributed by atoms with Gasteiger partial charge in [-0.25, -0.2) is 0 Å². The second-order valence-electron chi connectivity index (χ2n) is 5.37. The van der Waals surface area contributed by atoms with Crippen LogP contribution in [0.4, 0.5) is 0 Å². The number of methoxy groups -OCH3 is 1. The molecule has 0 saturated heterocycles.